The molecule has 0 fully saturated rings. The number of rotatable bonds is 5. The van der Waals surface area contributed by atoms with Gasteiger partial charge in [0, 0.05) is 12.4 Å². The summed E-state index contributed by atoms with van der Waals surface area (Å²) in [6.07, 6.45) is 6.41. The summed E-state index contributed by atoms with van der Waals surface area (Å²) in [5.74, 6) is 0.118. The number of carbonyl (C=O) groups excluding carboxylic acids is 1. The highest BCUT2D eigenvalue weighted by atomic mass is 16.1. The summed E-state index contributed by atoms with van der Waals surface area (Å²) in [7, 11) is 0. The Bertz CT molecular complexity index is 1000. The molecule has 3 aromatic heterocycles. The summed E-state index contributed by atoms with van der Waals surface area (Å²) in [6, 6.07) is 9.37. The van der Waals surface area contributed by atoms with E-state index < -0.39 is 0 Å². The third kappa shape index (κ3) is 2.83. The van der Waals surface area contributed by atoms with Gasteiger partial charge in [-0.2, -0.15) is 14.9 Å². The van der Waals surface area contributed by atoms with Gasteiger partial charge in [0.25, 0.3) is 5.91 Å². The lowest BCUT2D eigenvalue weighted by Gasteiger charge is -2.18. The van der Waals surface area contributed by atoms with Crippen molar-refractivity contribution < 1.29 is 4.79 Å². The Morgan fingerprint density at radius 3 is 2.88 bits per heavy atom. The molecule has 10 nitrogen and oxygen atoms in total. The lowest BCUT2D eigenvalue weighted by Crippen LogP contribution is -2.28. The van der Waals surface area contributed by atoms with Crippen LogP contribution in [0.5, 0.6) is 0 Å². The van der Waals surface area contributed by atoms with Gasteiger partial charge in [-0.05, 0) is 35.0 Å². The number of hydrogen-bond donors (Lipinski definition) is 2. The summed E-state index contributed by atoms with van der Waals surface area (Å²) in [5, 5.41) is 24.8. The van der Waals surface area contributed by atoms with Gasteiger partial charge >= 0.3 is 0 Å². The van der Waals surface area contributed by atoms with E-state index in [1.807, 2.05) is 43.5 Å². The zero-order valence-corrected chi connectivity index (χ0v) is 13.8. The molecule has 3 heterocycles. The molecule has 4 rings (SSSR count). The van der Waals surface area contributed by atoms with Gasteiger partial charge in [0.1, 0.15) is 11.9 Å². The van der Waals surface area contributed by atoms with Gasteiger partial charge in [0.05, 0.1) is 17.9 Å². The van der Waals surface area contributed by atoms with Crippen LogP contribution in [-0.4, -0.2) is 46.1 Å². The summed E-state index contributed by atoms with van der Waals surface area (Å²) in [6.45, 7) is 1.91. The van der Waals surface area contributed by atoms with Crippen molar-refractivity contribution in [1.29, 1.82) is 0 Å². The van der Waals surface area contributed by atoms with Crippen molar-refractivity contribution in [3.8, 4) is 11.5 Å². The molecule has 4 aromatic rings. The van der Waals surface area contributed by atoms with Gasteiger partial charge in [-0.1, -0.05) is 18.2 Å². The molecule has 10 heteroatoms. The smallest absolute Gasteiger partial charge is 0.257 e. The minimum atomic E-state index is -0.285. The fraction of sp³-hybridized carbons (Fsp3) is 0.125. The highest BCUT2D eigenvalue weighted by Crippen LogP contribution is 2.21. The summed E-state index contributed by atoms with van der Waals surface area (Å²) in [5.41, 5.74) is 2.19. The second-order valence-corrected chi connectivity index (χ2v) is 5.59. The second kappa shape index (κ2) is 6.59. The number of aromatic nitrogens is 8. The Kier molecular flexibility index (Phi) is 3.98. The molecule has 1 amide bonds. The number of H-pyrrole nitrogens is 1. The van der Waals surface area contributed by atoms with Crippen LogP contribution in [0.1, 0.15) is 28.9 Å². The number of aromatic amines is 1. The molecule has 0 unspecified atom stereocenters. The van der Waals surface area contributed by atoms with E-state index in [9.17, 15) is 4.79 Å². The van der Waals surface area contributed by atoms with E-state index >= 15 is 0 Å². The van der Waals surface area contributed by atoms with Gasteiger partial charge in [-0.15, -0.1) is 5.10 Å². The van der Waals surface area contributed by atoms with E-state index in [4.69, 9.17) is 0 Å². The number of nitrogens with zero attached hydrogens (tertiary/aromatic N) is 7. The molecule has 0 bridgehead atoms. The van der Waals surface area contributed by atoms with E-state index in [1.54, 1.807) is 10.9 Å². The van der Waals surface area contributed by atoms with E-state index in [0.29, 0.717) is 11.4 Å². The highest BCUT2D eigenvalue weighted by Gasteiger charge is 2.20. The number of nitrogens with one attached hydrogen (secondary N) is 2. The topological polar surface area (TPSA) is 119 Å². The molecular weight excluding hydrogens is 334 g/mol. The van der Waals surface area contributed by atoms with Gasteiger partial charge in [0.2, 0.25) is 0 Å². The van der Waals surface area contributed by atoms with Crippen LogP contribution in [0.15, 0.2) is 55.2 Å². The Labute approximate surface area is 147 Å². The predicted molar refractivity (Wildman–Crippen MR) is 90.7 cm³/mol. The first kappa shape index (κ1) is 15.7. The van der Waals surface area contributed by atoms with Crippen molar-refractivity contribution in [3.05, 3.63) is 66.4 Å². The van der Waals surface area contributed by atoms with E-state index in [0.717, 1.165) is 11.3 Å². The number of hydrogen-bond acceptors (Lipinski definition) is 6. The maximum Gasteiger partial charge on any atom is 0.257 e. The Morgan fingerprint density at radius 2 is 2.12 bits per heavy atom. The van der Waals surface area contributed by atoms with Crippen molar-refractivity contribution in [1.82, 2.24) is 45.5 Å². The van der Waals surface area contributed by atoms with Crippen LogP contribution in [0, 0.1) is 0 Å². The molecule has 2 N–H and O–H groups in total. The summed E-state index contributed by atoms with van der Waals surface area (Å²) < 4.78 is 3.12. The monoisotopic (exact) mass is 349 g/mol. The van der Waals surface area contributed by atoms with Gasteiger partial charge < -0.3 is 5.32 Å². The molecule has 26 heavy (non-hydrogen) atoms. The molecule has 0 aliphatic rings. The van der Waals surface area contributed by atoms with Crippen molar-refractivity contribution in [3.63, 3.8) is 0 Å². The molecule has 0 spiro atoms. The molecular formula is C16H15N9O. The maximum atomic E-state index is 12.7. The van der Waals surface area contributed by atoms with Crippen molar-refractivity contribution >= 4 is 5.91 Å². The molecule has 0 aliphatic heterocycles. The lowest BCUT2D eigenvalue weighted by atomic mass is 10.1. The zero-order chi connectivity index (χ0) is 17.9. The molecule has 0 radical (unpaired) electrons. The van der Waals surface area contributed by atoms with E-state index in [2.05, 4.69) is 36.1 Å². The minimum Gasteiger partial charge on any atom is -0.345 e. The van der Waals surface area contributed by atoms with Crippen LogP contribution in [0.4, 0.5) is 0 Å². The minimum absolute atomic E-state index is 0.250. The van der Waals surface area contributed by atoms with Crippen LogP contribution in [0.2, 0.25) is 0 Å². The number of carbonyl (C=O) groups is 1. The standard InChI is InChI=1S/C16H15N9O/c1-11(12-5-2-3-6-14(12)24-8-4-7-19-24)20-16(26)13-9-17-21-15(13)25-10-18-22-23-25/h2-11H,1H3,(H,17,21)(H,20,26)/t11-/m0/s1. The second-order valence-electron chi connectivity index (χ2n) is 5.59. The molecule has 130 valence electrons. The third-order valence-corrected chi connectivity index (χ3v) is 3.94. The highest BCUT2D eigenvalue weighted by molar-refractivity contribution is 5.97. The average molecular weight is 349 g/mol. The first-order valence-corrected chi connectivity index (χ1v) is 7.90. The molecule has 0 saturated heterocycles. The normalized spacial score (nSPS) is 12.0. The Hall–Kier alpha value is -3.82. The first-order valence-electron chi connectivity index (χ1n) is 7.90. The maximum absolute atomic E-state index is 12.7. The Balaban J connectivity index is 1.59. The van der Waals surface area contributed by atoms with Crippen molar-refractivity contribution in [2.45, 2.75) is 13.0 Å². The van der Waals surface area contributed by atoms with Gasteiger partial charge in [-0.25, -0.2) is 4.68 Å². The lowest BCUT2D eigenvalue weighted by molar-refractivity contribution is 0.0940. The van der Waals surface area contributed by atoms with Crippen LogP contribution in [0.25, 0.3) is 11.5 Å². The Morgan fingerprint density at radius 1 is 1.23 bits per heavy atom. The SMILES string of the molecule is C[C@H](NC(=O)c1cn[nH]c1-n1cnnn1)c1ccccc1-n1cccn1. The van der Waals surface area contributed by atoms with E-state index in [1.165, 1.54) is 17.2 Å². The molecule has 0 aliphatic carbocycles. The fourth-order valence-electron chi connectivity index (χ4n) is 2.71. The van der Waals surface area contributed by atoms with Crippen LogP contribution in [0.3, 0.4) is 0 Å². The predicted octanol–water partition coefficient (Wildman–Crippen LogP) is 1.06. The van der Waals surface area contributed by atoms with Crippen LogP contribution in [-0.2, 0) is 0 Å². The largest absolute Gasteiger partial charge is 0.345 e. The average Bonchev–Trinajstić information content (AvgIpc) is 3.43. The van der Waals surface area contributed by atoms with Gasteiger partial charge in [-0.3, -0.25) is 9.89 Å². The van der Waals surface area contributed by atoms with Gasteiger partial charge in [0.15, 0.2) is 5.82 Å². The molecule has 0 saturated carbocycles. The molecule has 1 aromatic carbocycles. The number of benzene rings is 1. The zero-order valence-electron chi connectivity index (χ0n) is 13.8. The number of amides is 1. The number of para-hydroxylation sites is 1. The first-order chi connectivity index (χ1) is 12.7. The summed E-state index contributed by atoms with van der Waals surface area (Å²) in [4.78, 5) is 12.7. The van der Waals surface area contributed by atoms with Crippen LogP contribution < -0.4 is 5.32 Å². The summed E-state index contributed by atoms with van der Waals surface area (Å²) >= 11 is 0. The third-order valence-electron chi connectivity index (χ3n) is 3.94. The number of tetrazole rings is 1. The quantitative estimate of drug-likeness (QED) is 0.556. The molecule has 1 atom stereocenters. The fourth-order valence-corrected chi connectivity index (χ4v) is 2.71. The van der Waals surface area contributed by atoms with Crippen LogP contribution >= 0.6 is 0 Å². The van der Waals surface area contributed by atoms with Crippen molar-refractivity contribution in [2.24, 2.45) is 0 Å². The van der Waals surface area contributed by atoms with E-state index in [-0.39, 0.29) is 11.9 Å². The van der Waals surface area contributed by atoms with Crippen molar-refractivity contribution in [2.75, 3.05) is 0 Å².